The first kappa shape index (κ1) is 29.9. The quantitative estimate of drug-likeness (QED) is 0.201. The van der Waals surface area contributed by atoms with Crippen LogP contribution in [-0.4, -0.2) is 35.8 Å². The van der Waals surface area contributed by atoms with E-state index in [2.05, 4.69) is 4.90 Å². The van der Waals surface area contributed by atoms with E-state index in [0.29, 0.717) is 49.6 Å². The van der Waals surface area contributed by atoms with Gasteiger partial charge in [-0.3, -0.25) is 4.79 Å². The summed E-state index contributed by atoms with van der Waals surface area (Å²) in [6.45, 7) is 3.97. The van der Waals surface area contributed by atoms with Crippen molar-refractivity contribution in [3.63, 3.8) is 0 Å². The number of ether oxygens (including phenoxy) is 2. The van der Waals surface area contributed by atoms with Crippen LogP contribution in [0.4, 0.5) is 19.0 Å². The van der Waals surface area contributed by atoms with Crippen molar-refractivity contribution >= 4 is 11.8 Å². The van der Waals surface area contributed by atoms with Gasteiger partial charge < -0.3 is 19.5 Å². The Balaban J connectivity index is 1.34. The van der Waals surface area contributed by atoms with Gasteiger partial charge in [0.15, 0.2) is 0 Å². The topological polar surface area (TPSA) is 71.9 Å². The summed E-state index contributed by atoms with van der Waals surface area (Å²) in [6.07, 6.45) is -2.42. The molecular weight excluding hydrogens is 557 g/mol. The number of benzene rings is 3. The van der Waals surface area contributed by atoms with E-state index in [4.69, 9.17) is 14.5 Å². The number of anilines is 1. The van der Waals surface area contributed by atoms with E-state index in [1.165, 1.54) is 12.1 Å². The molecule has 224 valence electrons. The maximum atomic E-state index is 13.0. The molecule has 1 N–H and O–H groups in total. The third-order valence-corrected chi connectivity index (χ3v) is 7.52. The molecule has 3 aromatic carbocycles. The van der Waals surface area contributed by atoms with Crippen LogP contribution < -0.4 is 14.4 Å². The minimum Gasteiger partial charge on any atom is -0.493 e. The predicted molar refractivity (Wildman–Crippen MR) is 159 cm³/mol. The lowest BCUT2D eigenvalue weighted by Crippen LogP contribution is -2.36. The molecule has 1 aliphatic heterocycles. The summed E-state index contributed by atoms with van der Waals surface area (Å²) >= 11 is 0. The Morgan fingerprint density at radius 3 is 2.33 bits per heavy atom. The average Bonchev–Trinajstić information content (AvgIpc) is 3.03. The van der Waals surface area contributed by atoms with Crippen LogP contribution in [0.3, 0.4) is 0 Å². The van der Waals surface area contributed by atoms with E-state index in [1.807, 2.05) is 67.6 Å². The number of carbonyl (C=O) groups is 1. The Kier molecular flexibility index (Phi) is 9.19. The van der Waals surface area contributed by atoms with Crippen molar-refractivity contribution < 1.29 is 32.5 Å². The SMILES string of the molecule is CCCOc1cc(-c2ccc(C(F)(F)F)cc2)ccc1COc1ccccc1-c1cccc(N2CCC(C(=O)O)CC2)n1. The zero-order valence-corrected chi connectivity index (χ0v) is 23.8. The number of rotatable bonds is 10. The van der Waals surface area contributed by atoms with Gasteiger partial charge in [0.1, 0.15) is 23.9 Å². The fraction of sp³-hybridized carbons (Fsp3) is 0.294. The van der Waals surface area contributed by atoms with Crippen molar-refractivity contribution in [3.8, 4) is 33.9 Å². The van der Waals surface area contributed by atoms with E-state index in [-0.39, 0.29) is 12.5 Å². The van der Waals surface area contributed by atoms with Crippen LogP contribution in [0.5, 0.6) is 11.5 Å². The largest absolute Gasteiger partial charge is 0.493 e. The van der Waals surface area contributed by atoms with Gasteiger partial charge in [-0.05, 0) is 72.9 Å². The number of nitrogens with zero attached hydrogens (tertiary/aromatic N) is 2. The van der Waals surface area contributed by atoms with Gasteiger partial charge in [-0.1, -0.05) is 49.4 Å². The van der Waals surface area contributed by atoms with Crippen LogP contribution in [0.25, 0.3) is 22.4 Å². The number of alkyl halides is 3. The van der Waals surface area contributed by atoms with Gasteiger partial charge in [-0.15, -0.1) is 0 Å². The summed E-state index contributed by atoms with van der Waals surface area (Å²) in [7, 11) is 0. The molecule has 0 aliphatic carbocycles. The molecule has 5 rings (SSSR count). The van der Waals surface area contributed by atoms with E-state index in [9.17, 15) is 23.1 Å². The lowest BCUT2D eigenvalue weighted by atomic mass is 9.97. The van der Waals surface area contributed by atoms with Crippen molar-refractivity contribution in [1.82, 2.24) is 4.98 Å². The molecule has 1 fully saturated rings. The molecule has 4 aromatic rings. The van der Waals surface area contributed by atoms with Crippen molar-refractivity contribution in [2.45, 2.75) is 39.0 Å². The van der Waals surface area contributed by atoms with Crippen LogP contribution in [0, 0.1) is 5.92 Å². The number of piperidine rings is 1. The second kappa shape index (κ2) is 13.2. The summed E-state index contributed by atoms with van der Waals surface area (Å²) < 4.78 is 51.4. The third kappa shape index (κ3) is 7.28. The van der Waals surface area contributed by atoms with Gasteiger partial charge in [0.05, 0.1) is 23.8 Å². The van der Waals surface area contributed by atoms with Gasteiger partial charge in [-0.25, -0.2) is 4.98 Å². The first-order valence-corrected chi connectivity index (χ1v) is 14.3. The molecule has 1 aromatic heterocycles. The van der Waals surface area contributed by atoms with Gasteiger partial charge in [0.25, 0.3) is 0 Å². The highest BCUT2D eigenvalue weighted by molar-refractivity contribution is 5.71. The molecule has 0 saturated carbocycles. The van der Waals surface area contributed by atoms with Crippen LogP contribution >= 0.6 is 0 Å². The van der Waals surface area contributed by atoms with Crippen LogP contribution in [-0.2, 0) is 17.6 Å². The van der Waals surface area contributed by atoms with E-state index < -0.39 is 17.7 Å². The molecule has 0 radical (unpaired) electrons. The minimum atomic E-state index is -4.39. The zero-order chi connectivity index (χ0) is 30.4. The molecule has 43 heavy (non-hydrogen) atoms. The van der Waals surface area contributed by atoms with Crippen molar-refractivity contribution in [1.29, 1.82) is 0 Å². The minimum absolute atomic E-state index is 0.214. The maximum Gasteiger partial charge on any atom is 0.416 e. The molecular formula is C34H33F3N2O4. The average molecular weight is 591 g/mol. The molecule has 0 amide bonds. The highest BCUT2D eigenvalue weighted by Crippen LogP contribution is 2.35. The molecule has 9 heteroatoms. The second-order valence-electron chi connectivity index (χ2n) is 10.5. The van der Waals surface area contributed by atoms with E-state index in [1.54, 1.807) is 0 Å². The molecule has 1 aliphatic rings. The monoisotopic (exact) mass is 590 g/mol. The number of aromatic nitrogens is 1. The molecule has 0 spiro atoms. The second-order valence-corrected chi connectivity index (χ2v) is 10.5. The lowest BCUT2D eigenvalue weighted by Gasteiger charge is -2.31. The summed E-state index contributed by atoms with van der Waals surface area (Å²) in [5.74, 6) is 0.991. The van der Waals surface area contributed by atoms with Crippen molar-refractivity contribution in [2.24, 2.45) is 5.92 Å². The highest BCUT2D eigenvalue weighted by atomic mass is 19.4. The Hall–Kier alpha value is -4.53. The lowest BCUT2D eigenvalue weighted by molar-refractivity contribution is -0.142. The van der Waals surface area contributed by atoms with Gasteiger partial charge in [0.2, 0.25) is 0 Å². The van der Waals surface area contributed by atoms with Gasteiger partial charge in [0, 0.05) is 24.2 Å². The predicted octanol–water partition coefficient (Wildman–Crippen LogP) is 8.10. The summed E-state index contributed by atoms with van der Waals surface area (Å²) in [5, 5.41) is 9.32. The molecule has 6 nitrogen and oxygen atoms in total. The Morgan fingerprint density at radius 2 is 1.63 bits per heavy atom. The first-order chi connectivity index (χ1) is 20.7. The number of aliphatic carboxylic acids is 1. The third-order valence-electron chi connectivity index (χ3n) is 7.52. The number of pyridine rings is 1. The molecule has 0 atom stereocenters. The van der Waals surface area contributed by atoms with Crippen molar-refractivity contribution in [2.75, 3.05) is 24.6 Å². The van der Waals surface area contributed by atoms with Gasteiger partial charge in [-0.2, -0.15) is 13.2 Å². The van der Waals surface area contributed by atoms with Crippen LogP contribution in [0.15, 0.2) is 84.9 Å². The summed E-state index contributed by atoms with van der Waals surface area (Å²) in [5.41, 5.74) is 3.09. The molecule has 1 saturated heterocycles. The number of para-hydroxylation sites is 1. The highest BCUT2D eigenvalue weighted by Gasteiger charge is 2.30. The Labute approximate surface area is 248 Å². The van der Waals surface area contributed by atoms with E-state index >= 15 is 0 Å². The number of halogens is 3. The standard InChI is InChI=1S/C34H33F3N2O4/c1-2-20-42-31-21-25(23-12-14-27(15-13-23)34(35,36)37)10-11-26(31)22-43-30-8-4-3-6-28(30)29-7-5-9-32(38-29)39-18-16-24(17-19-39)33(40)41/h3-15,21,24H,2,16-20,22H2,1H3,(H,40,41). The summed E-state index contributed by atoms with van der Waals surface area (Å²) in [6, 6.07) is 24.1. The summed E-state index contributed by atoms with van der Waals surface area (Å²) in [4.78, 5) is 18.3. The normalized spacial score (nSPS) is 14.0. The molecule has 2 heterocycles. The zero-order valence-electron chi connectivity index (χ0n) is 23.8. The molecule has 0 unspecified atom stereocenters. The number of carboxylic acids is 1. The van der Waals surface area contributed by atoms with Crippen LogP contribution in [0.1, 0.15) is 37.3 Å². The number of hydrogen-bond donors (Lipinski definition) is 1. The maximum absolute atomic E-state index is 13.0. The number of hydrogen-bond acceptors (Lipinski definition) is 5. The Bertz CT molecular complexity index is 1550. The smallest absolute Gasteiger partial charge is 0.416 e. The van der Waals surface area contributed by atoms with Crippen LogP contribution in [0.2, 0.25) is 0 Å². The fourth-order valence-electron chi connectivity index (χ4n) is 5.12. The van der Waals surface area contributed by atoms with E-state index in [0.717, 1.165) is 46.8 Å². The molecule has 0 bridgehead atoms. The van der Waals surface area contributed by atoms with Gasteiger partial charge >= 0.3 is 12.1 Å². The Morgan fingerprint density at radius 1 is 0.907 bits per heavy atom. The van der Waals surface area contributed by atoms with Crippen molar-refractivity contribution in [3.05, 3.63) is 96.1 Å². The number of carboxylic acid groups (broad SMARTS) is 1. The fourth-order valence-corrected chi connectivity index (χ4v) is 5.12. The first-order valence-electron chi connectivity index (χ1n) is 14.3.